The lowest BCUT2D eigenvalue weighted by Crippen LogP contribution is -2.50. The molecule has 5 aromatic rings. The smallest absolute Gasteiger partial charge is 0.285 e. The second-order valence-corrected chi connectivity index (χ2v) is 22.8. The normalized spacial score (nSPS) is 13.3. The Labute approximate surface area is 482 Å². The molecule has 1 aromatic heterocycles. The Kier molecular flexibility index (Phi) is 30.1. The van der Waals surface area contributed by atoms with Crippen molar-refractivity contribution in [3.63, 3.8) is 0 Å². The van der Waals surface area contributed by atoms with E-state index in [9.17, 15) is 28.3 Å². The second kappa shape index (κ2) is 36.0. The molecular formula is C62H89N9O7S2. The van der Waals surface area contributed by atoms with Crippen molar-refractivity contribution in [2.45, 2.75) is 168 Å². The summed E-state index contributed by atoms with van der Waals surface area (Å²) in [5, 5.41) is 35.8. The number of nitrogens with zero attached hydrogens (tertiary/aromatic N) is 8. The highest BCUT2D eigenvalue weighted by Crippen LogP contribution is 2.35. The van der Waals surface area contributed by atoms with Gasteiger partial charge in [0.1, 0.15) is 21.8 Å². The van der Waals surface area contributed by atoms with E-state index in [1.165, 1.54) is 181 Å². The van der Waals surface area contributed by atoms with Crippen LogP contribution in [0.2, 0.25) is 0 Å². The predicted octanol–water partition coefficient (Wildman–Crippen LogP) is 15.1. The monoisotopic (exact) mass is 1140 g/mol. The number of azo groups is 1. The van der Waals surface area contributed by atoms with Crippen LogP contribution in [-0.2, 0) is 19.5 Å². The minimum absolute atomic E-state index is 0.0362. The lowest BCUT2D eigenvalue weighted by molar-refractivity contribution is -0.929. The number of para-hydroxylation sites is 2. The van der Waals surface area contributed by atoms with Crippen LogP contribution in [0.4, 0.5) is 17.1 Å². The Morgan fingerprint density at radius 2 is 1.09 bits per heavy atom. The molecule has 0 unspecified atom stereocenters. The average Bonchev–Trinajstić information content (AvgIpc) is 4.10. The van der Waals surface area contributed by atoms with Crippen LogP contribution >= 0.6 is 12.0 Å². The predicted molar refractivity (Wildman–Crippen MR) is 322 cm³/mol. The largest absolute Gasteiger partial charge is 0.744 e. The number of imidazole rings is 1. The third-order valence-electron chi connectivity index (χ3n) is 14.5. The van der Waals surface area contributed by atoms with Crippen LogP contribution < -0.4 is 10.7 Å². The van der Waals surface area contributed by atoms with Crippen LogP contribution in [0, 0.1) is 11.3 Å². The van der Waals surface area contributed by atoms with E-state index < -0.39 is 20.9 Å². The third-order valence-corrected chi connectivity index (χ3v) is 16.0. The van der Waals surface area contributed by atoms with Crippen molar-refractivity contribution >= 4 is 73.0 Å². The zero-order valence-electron chi connectivity index (χ0n) is 49.0. The van der Waals surface area contributed by atoms with Gasteiger partial charge in [-0.3, -0.25) is 19.8 Å². The molecule has 436 valence electrons. The minimum Gasteiger partial charge on any atom is -0.744 e. The molecule has 0 atom stereocenters. The molecule has 0 aliphatic carbocycles. The number of quaternary nitrogens is 2. The summed E-state index contributed by atoms with van der Waals surface area (Å²) < 4.78 is 45.2. The highest BCUT2D eigenvalue weighted by atomic mass is 32.2. The van der Waals surface area contributed by atoms with Crippen molar-refractivity contribution in [1.82, 2.24) is 9.55 Å². The van der Waals surface area contributed by atoms with Gasteiger partial charge in [0, 0.05) is 10.5 Å². The molecule has 1 N–H and O–H groups in total. The van der Waals surface area contributed by atoms with Crippen molar-refractivity contribution in [1.29, 1.82) is 5.26 Å². The second-order valence-electron chi connectivity index (χ2n) is 20.7. The van der Waals surface area contributed by atoms with Crippen LogP contribution in [0.1, 0.15) is 174 Å². The van der Waals surface area contributed by atoms with Gasteiger partial charge in [0.2, 0.25) is 0 Å². The zero-order chi connectivity index (χ0) is 58.2. The van der Waals surface area contributed by atoms with Gasteiger partial charge in [-0.05, 0) is 112 Å². The third kappa shape index (κ3) is 20.4. The SMILES string of the molecule is CCCC[N+](CCCC)(CCCC)CCCC.CCCC[N+](CCCC)(CCCC)CCCC.N#CC1=C(c2ccccc2)/C(=N\Nc2ccc(N=Nc3ccc(SOO[O-])cc3)cc2S(=O)(=O)[O-])C(=O)n2c1nc1ccccc12. The highest BCUT2D eigenvalue weighted by Gasteiger charge is 2.35. The fourth-order valence-electron chi connectivity index (χ4n) is 9.95. The fourth-order valence-corrected chi connectivity index (χ4v) is 11.0. The molecule has 1 aliphatic rings. The van der Waals surface area contributed by atoms with Gasteiger partial charge in [0.15, 0.2) is 11.5 Å². The van der Waals surface area contributed by atoms with Gasteiger partial charge in [-0.1, -0.05) is 149 Å². The number of unbranched alkanes of at least 4 members (excludes halogenated alkanes) is 8. The molecule has 80 heavy (non-hydrogen) atoms. The number of carbonyl (C=O) groups is 1. The molecule has 18 heteroatoms. The lowest BCUT2D eigenvalue weighted by Gasteiger charge is -2.39. The van der Waals surface area contributed by atoms with Crippen LogP contribution in [0.15, 0.2) is 122 Å². The summed E-state index contributed by atoms with van der Waals surface area (Å²) in [6.45, 7) is 30.0. The first-order valence-electron chi connectivity index (χ1n) is 29.3. The zero-order valence-corrected chi connectivity index (χ0v) is 50.6. The molecule has 2 heterocycles. The summed E-state index contributed by atoms with van der Waals surface area (Å²) in [5.41, 5.74) is 4.22. The summed E-state index contributed by atoms with van der Waals surface area (Å²) in [6, 6.07) is 27.6. The molecule has 0 radical (unpaired) electrons. The van der Waals surface area contributed by atoms with E-state index in [1.807, 2.05) is 0 Å². The number of allylic oxidation sites excluding steroid dienone is 2. The Morgan fingerprint density at radius 3 is 1.54 bits per heavy atom. The van der Waals surface area contributed by atoms with Crippen LogP contribution in [0.25, 0.3) is 22.2 Å². The topological polar surface area (TPSA) is 207 Å². The number of fused-ring (bicyclic) bond motifs is 3. The van der Waals surface area contributed by atoms with Gasteiger partial charge in [-0.2, -0.15) is 24.9 Å². The van der Waals surface area contributed by atoms with E-state index in [2.05, 4.69) is 96.6 Å². The summed E-state index contributed by atoms with van der Waals surface area (Å²) in [5.74, 6) is -0.482. The van der Waals surface area contributed by atoms with E-state index >= 15 is 0 Å². The number of nitriles is 1. The number of hydrogen-bond donors (Lipinski definition) is 1. The van der Waals surface area contributed by atoms with Crippen molar-refractivity contribution in [3.8, 4) is 6.07 Å². The van der Waals surface area contributed by atoms with Gasteiger partial charge in [-0.15, -0.1) is 0 Å². The number of rotatable bonds is 33. The fraction of sp³-hybridized carbons (Fsp3) is 0.516. The minimum atomic E-state index is -5.07. The van der Waals surface area contributed by atoms with Gasteiger partial charge >= 0.3 is 0 Å². The Morgan fingerprint density at radius 1 is 0.637 bits per heavy atom. The number of benzene rings is 4. The molecule has 0 amide bonds. The lowest BCUT2D eigenvalue weighted by atomic mass is 9.92. The molecule has 0 bridgehead atoms. The molecule has 6 rings (SSSR count). The summed E-state index contributed by atoms with van der Waals surface area (Å²) in [6.07, 6.45) is 22.1. The maximum atomic E-state index is 14.0. The van der Waals surface area contributed by atoms with Gasteiger partial charge < -0.3 is 18.8 Å². The van der Waals surface area contributed by atoms with Crippen molar-refractivity contribution in [3.05, 3.63) is 108 Å². The van der Waals surface area contributed by atoms with Crippen LogP contribution in [0.5, 0.6) is 0 Å². The summed E-state index contributed by atoms with van der Waals surface area (Å²) >= 11 is 0.692. The van der Waals surface area contributed by atoms with E-state index in [0.717, 1.165) is 6.07 Å². The maximum absolute atomic E-state index is 14.0. The van der Waals surface area contributed by atoms with Crippen molar-refractivity contribution in [2.75, 3.05) is 57.8 Å². The number of hydrazone groups is 1. The van der Waals surface area contributed by atoms with E-state index in [1.54, 1.807) is 78.9 Å². The Hall–Kier alpha value is -5.62. The van der Waals surface area contributed by atoms with Gasteiger partial charge in [0.25, 0.3) is 5.91 Å². The highest BCUT2D eigenvalue weighted by molar-refractivity contribution is 7.94. The Balaban J connectivity index is 0.000000333. The first-order valence-corrected chi connectivity index (χ1v) is 31.4. The van der Waals surface area contributed by atoms with Crippen molar-refractivity contribution in [2.24, 2.45) is 15.3 Å². The molecule has 1 aliphatic heterocycles. The number of anilines is 1. The quantitative estimate of drug-likeness (QED) is 0.0104. The average molecular weight is 1140 g/mol. The molecule has 4 aromatic carbocycles. The molecule has 0 spiro atoms. The van der Waals surface area contributed by atoms with E-state index in [0.29, 0.717) is 39.2 Å². The summed E-state index contributed by atoms with van der Waals surface area (Å²) in [4.78, 5) is 18.3. The number of carbonyl (C=O) groups excluding carboxylic acids is 1. The van der Waals surface area contributed by atoms with Crippen molar-refractivity contribution < 1.29 is 41.4 Å². The maximum Gasteiger partial charge on any atom is 0.285 e. The molecule has 16 nitrogen and oxygen atoms in total. The summed E-state index contributed by atoms with van der Waals surface area (Å²) in [7, 11) is -5.07. The number of aromatic nitrogens is 2. The van der Waals surface area contributed by atoms with E-state index in [-0.39, 0.29) is 34.1 Å². The molecule has 0 fully saturated rings. The molecule has 0 saturated carbocycles. The standard InChI is InChI=1S/C30H19N7O7S2.2C16H36N/c31-17-22-27(18-6-2-1-3-7-18)28(30(38)37-25-9-5-4-8-23(25)32-29(22)37)36-35-24-15-12-20(16-26(24)46(40,41)42)34-33-19-10-13-21(14-11-19)45-44-43-39;2*1-5-9-13-17(14-10-6-2,15-11-7-3)16-12-8-4/h1-16,35,39H,(H,40,41,42);2*5-16H2,1-4H3/q;2*+1/p-2/b34-33?,36-28+;;. The van der Waals surface area contributed by atoms with E-state index in [4.69, 9.17) is 0 Å². The van der Waals surface area contributed by atoms with Gasteiger partial charge in [-0.25, -0.2) is 13.4 Å². The number of hydrogen-bond acceptors (Lipinski definition) is 14. The molecule has 0 saturated heterocycles. The molecular weight excluding hydrogens is 1050 g/mol. The van der Waals surface area contributed by atoms with Crippen LogP contribution in [0.3, 0.4) is 0 Å². The van der Waals surface area contributed by atoms with Gasteiger partial charge in [0.05, 0.1) is 97.4 Å². The first kappa shape index (κ1) is 66.9. The Bertz CT molecular complexity index is 2770. The van der Waals surface area contributed by atoms with Crippen LogP contribution in [-0.4, -0.2) is 95.5 Å². The number of nitrogens with one attached hydrogen (secondary N) is 1. The first-order chi connectivity index (χ1) is 38.8.